The van der Waals surface area contributed by atoms with Crippen molar-refractivity contribution < 1.29 is 13.2 Å². The largest absolute Gasteiger partial charge is 0.339 e. The van der Waals surface area contributed by atoms with Crippen LogP contribution in [0.1, 0.15) is 76.2 Å². The minimum Gasteiger partial charge on any atom is -0.339 e. The Labute approximate surface area is 181 Å². The van der Waals surface area contributed by atoms with Crippen molar-refractivity contribution in [2.24, 2.45) is 5.92 Å². The van der Waals surface area contributed by atoms with Crippen LogP contribution in [0.3, 0.4) is 0 Å². The van der Waals surface area contributed by atoms with Gasteiger partial charge in [-0.15, -0.1) is 0 Å². The molecule has 0 bridgehead atoms. The van der Waals surface area contributed by atoms with Gasteiger partial charge in [0, 0.05) is 32.1 Å². The summed E-state index contributed by atoms with van der Waals surface area (Å²) >= 11 is 0. The van der Waals surface area contributed by atoms with Gasteiger partial charge in [0.05, 0.1) is 4.90 Å². The van der Waals surface area contributed by atoms with E-state index in [4.69, 9.17) is 0 Å². The zero-order chi connectivity index (χ0) is 21.0. The third-order valence-electron chi connectivity index (χ3n) is 6.99. The van der Waals surface area contributed by atoms with Gasteiger partial charge in [0.15, 0.2) is 0 Å². The fourth-order valence-corrected chi connectivity index (χ4v) is 6.48. The van der Waals surface area contributed by atoms with Gasteiger partial charge >= 0.3 is 0 Å². The van der Waals surface area contributed by atoms with Crippen LogP contribution in [0.15, 0.2) is 29.2 Å². The summed E-state index contributed by atoms with van der Waals surface area (Å²) in [5.74, 6) is 0.954. The first kappa shape index (κ1) is 21.8. The molecule has 2 aliphatic carbocycles. The molecule has 0 radical (unpaired) electrons. The molecule has 5 nitrogen and oxygen atoms in total. The van der Waals surface area contributed by atoms with E-state index >= 15 is 0 Å². The lowest BCUT2D eigenvalue weighted by Crippen LogP contribution is -2.37. The Morgan fingerprint density at radius 1 is 0.900 bits per heavy atom. The normalized spacial score (nSPS) is 21.5. The van der Waals surface area contributed by atoms with Gasteiger partial charge in [-0.2, -0.15) is 4.31 Å². The maximum atomic E-state index is 12.9. The predicted molar refractivity (Wildman–Crippen MR) is 119 cm³/mol. The fourth-order valence-electron chi connectivity index (χ4n) is 4.97. The van der Waals surface area contributed by atoms with E-state index < -0.39 is 10.0 Å². The second-order valence-electron chi connectivity index (χ2n) is 9.39. The third kappa shape index (κ3) is 5.44. The van der Waals surface area contributed by atoms with Gasteiger partial charge < -0.3 is 4.90 Å². The highest BCUT2D eigenvalue weighted by molar-refractivity contribution is 7.89. The predicted octanol–water partition coefficient (Wildman–Crippen LogP) is 4.37. The van der Waals surface area contributed by atoms with Crippen LogP contribution >= 0.6 is 0 Å². The molecule has 2 saturated carbocycles. The van der Waals surface area contributed by atoms with Gasteiger partial charge in [0.1, 0.15) is 0 Å². The first-order chi connectivity index (χ1) is 14.5. The average molecular weight is 433 g/mol. The number of amides is 1. The Balaban J connectivity index is 1.32. The molecule has 1 heterocycles. The van der Waals surface area contributed by atoms with Crippen LogP contribution in [0.4, 0.5) is 0 Å². The second kappa shape index (κ2) is 9.82. The number of rotatable bonds is 8. The van der Waals surface area contributed by atoms with Gasteiger partial charge in [-0.1, -0.05) is 37.8 Å². The minimum atomic E-state index is -3.38. The Morgan fingerprint density at radius 2 is 1.53 bits per heavy atom. The average Bonchev–Trinajstić information content (AvgIpc) is 3.63. The lowest BCUT2D eigenvalue weighted by molar-refractivity contribution is -0.132. The Bertz CT molecular complexity index is 805. The van der Waals surface area contributed by atoms with E-state index in [0.717, 1.165) is 44.2 Å². The number of aryl methyl sites for hydroxylation is 1. The molecule has 0 unspecified atom stereocenters. The molecule has 166 valence electrons. The van der Waals surface area contributed by atoms with Crippen molar-refractivity contribution in [3.63, 3.8) is 0 Å². The summed E-state index contributed by atoms with van der Waals surface area (Å²) in [5.41, 5.74) is 1.04. The van der Waals surface area contributed by atoms with E-state index in [2.05, 4.69) is 4.90 Å². The van der Waals surface area contributed by atoms with Gasteiger partial charge in [0.25, 0.3) is 0 Å². The van der Waals surface area contributed by atoms with Gasteiger partial charge in [0.2, 0.25) is 15.9 Å². The zero-order valence-corrected chi connectivity index (χ0v) is 18.9. The fraction of sp³-hybridized carbons (Fsp3) is 0.708. The maximum Gasteiger partial charge on any atom is 0.243 e. The molecule has 6 heteroatoms. The lowest BCUT2D eigenvalue weighted by atomic mass is 9.89. The summed E-state index contributed by atoms with van der Waals surface area (Å²) in [6, 6.07) is 7.66. The standard InChI is InChI=1S/C24H36N2O3S/c27-24(26(22-12-13-22)19-21-7-3-1-4-8-21)16-11-20-9-14-23(15-10-20)30(28,29)25-17-5-2-6-18-25/h9-10,14-15,21-22H,1-8,11-13,16-19H2. The van der Waals surface area contributed by atoms with E-state index in [-0.39, 0.29) is 5.91 Å². The lowest BCUT2D eigenvalue weighted by Gasteiger charge is -2.30. The molecular weight excluding hydrogens is 396 g/mol. The van der Waals surface area contributed by atoms with Crippen molar-refractivity contribution in [1.29, 1.82) is 0 Å². The number of carbonyl (C=O) groups is 1. The van der Waals surface area contributed by atoms with Crippen LogP contribution in [0, 0.1) is 5.92 Å². The van der Waals surface area contributed by atoms with Crippen molar-refractivity contribution in [2.75, 3.05) is 19.6 Å². The Hall–Kier alpha value is -1.40. The molecule has 0 N–H and O–H groups in total. The Morgan fingerprint density at radius 3 is 2.17 bits per heavy atom. The van der Waals surface area contributed by atoms with Crippen molar-refractivity contribution in [3.05, 3.63) is 29.8 Å². The van der Waals surface area contributed by atoms with E-state index in [0.29, 0.717) is 42.8 Å². The molecule has 0 spiro atoms. The smallest absolute Gasteiger partial charge is 0.243 e. The maximum absolute atomic E-state index is 12.9. The van der Waals surface area contributed by atoms with Gasteiger partial charge in [-0.05, 0) is 68.6 Å². The van der Waals surface area contributed by atoms with E-state index in [1.807, 2.05) is 12.1 Å². The van der Waals surface area contributed by atoms with Crippen LogP contribution < -0.4 is 0 Å². The third-order valence-corrected chi connectivity index (χ3v) is 8.90. The summed E-state index contributed by atoms with van der Waals surface area (Å²) in [4.78, 5) is 15.5. The number of hydrogen-bond acceptors (Lipinski definition) is 3. The highest BCUT2D eigenvalue weighted by Gasteiger charge is 2.34. The van der Waals surface area contributed by atoms with Crippen LogP contribution in [-0.2, 0) is 21.2 Å². The molecule has 30 heavy (non-hydrogen) atoms. The van der Waals surface area contributed by atoms with Crippen LogP contribution in [0.25, 0.3) is 0 Å². The zero-order valence-electron chi connectivity index (χ0n) is 18.1. The molecule has 1 aromatic rings. The van der Waals surface area contributed by atoms with E-state index in [1.165, 1.54) is 32.1 Å². The second-order valence-corrected chi connectivity index (χ2v) is 11.3. The molecule has 4 rings (SSSR count). The number of hydrogen-bond donors (Lipinski definition) is 0. The van der Waals surface area contributed by atoms with E-state index in [1.54, 1.807) is 16.4 Å². The Kier molecular flexibility index (Phi) is 7.14. The first-order valence-corrected chi connectivity index (χ1v) is 13.4. The summed E-state index contributed by atoms with van der Waals surface area (Å²) < 4.78 is 27.2. The monoisotopic (exact) mass is 432 g/mol. The molecule has 3 aliphatic rings. The summed E-state index contributed by atoms with van der Waals surface area (Å²) in [6.07, 6.45) is 13.0. The summed E-state index contributed by atoms with van der Waals surface area (Å²) in [7, 11) is -3.38. The highest BCUT2D eigenvalue weighted by Crippen LogP contribution is 2.32. The topological polar surface area (TPSA) is 57.7 Å². The molecule has 0 aromatic heterocycles. The first-order valence-electron chi connectivity index (χ1n) is 11.9. The van der Waals surface area contributed by atoms with Crippen molar-refractivity contribution in [2.45, 2.75) is 88.0 Å². The number of nitrogens with zero attached hydrogens (tertiary/aromatic N) is 2. The van der Waals surface area contributed by atoms with Crippen molar-refractivity contribution in [3.8, 4) is 0 Å². The molecule has 1 saturated heterocycles. The van der Waals surface area contributed by atoms with Crippen LogP contribution in [0.2, 0.25) is 0 Å². The minimum absolute atomic E-state index is 0.271. The number of sulfonamides is 1. The molecule has 0 atom stereocenters. The van der Waals surface area contributed by atoms with Crippen molar-refractivity contribution in [1.82, 2.24) is 9.21 Å². The van der Waals surface area contributed by atoms with Gasteiger partial charge in [-0.25, -0.2) is 8.42 Å². The SMILES string of the molecule is O=C(CCc1ccc(S(=O)(=O)N2CCCCC2)cc1)N(CC1CCCCC1)C1CC1. The summed E-state index contributed by atoms with van der Waals surface area (Å²) in [5, 5.41) is 0. The highest BCUT2D eigenvalue weighted by atomic mass is 32.2. The number of benzene rings is 1. The van der Waals surface area contributed by atoms with Gasteiger partial charge in [-0.3, -0.25) is 4.79 Å². The van der Waals surface area contributed by atoms with Crippen molar-refractivity contribution >= 4 is 15.9 Å². The number of piperidine rings is 1. The molecular formula is C24H36N2O3S. The molecule has 1 amide bonds. The summed E-state index contributed by atoms with van der Waals surface area (Å²) in [6.45, 7) is 2.18. The van der Waals surface area contributed by atoms with Crippen LogP contribution in [0.5, 0.6) is 0 Å². The van der Waals surface area contributed by atoms with Crippen LogP contribution in [-0.4, -0.2) is 49.2 Å². The molecule has 1 aromatic carbocycles. The quantitative estimate of drug-likeness (QED) is 0.613. The molecule has 3 fully saturated rings. The number of carbonyl (C=O) groups excluding carboxylic acids is 1. The van der Waals surface area contributed by atoms with E-state index in [9.17, 15) is 13.2 Å². The molecule has 1 aliphatic heterocycles.